The molecule has 2 nitrogen and oxygen atoms in total. The fourth-order valence-electron chi connectivity index (χ4n) is 3.75. The van der Waals surface area contributed by atoms with Gasteiger partial charge in [-0.25, -0.2) is 0 Å². The van der Waals surface area contributed by atoms with E-state index in [9.17, 15) is 0 Å². The molecule has 0 amide bonds. The van der Waals surface area contributed by atoms with Crippen molar-refractivity contribution in [3.05, 3.63) is 35.4 Å². The molecule has 112 valence electrons. The Kier molecular flexibility index (Phi) is 5.88. The minimum atomic E-state index is 0. The Morgan fingerprint density at radius 2 is 1.90 bits per heavy atom. The summed E-state index contributed by atoms with van der Waals surface area (Å²) in [5.74, 6) is 0.908. The number of hydrogen-bond acceptors (Lipinski definition) is 2. The van der Waals surface area contributed by atoms with Gasteiger partial charge >= 0.3 is 0 Å². The first-order chi connectivity index (χ1) is 9.34. The molecule has 2 heterocycles. The summed E-state index contributed by atoms with van der Waals surface area (Å²) in [6.45, 7) is 7.29. The third kappa shape index (κ3) is 3.55. The highest BCUT2D eigenvalue weighted by molar-refractivity contribution is 5.85. The number of nitrogens with zero attached hydrogens (tertiary/aromatic N) is 1. The Morgan fingerprint density at radius 3 is 2.65 bits per heavy atom. The molecule has 0 radical (unpaired) electrons. The molecule has 0 spiro atoms. The van der Waals surface area contributed by atoms with Crippen molar-refractivity contribution in [2.75, 3.05) is 26.2 Å². The first-order valence-corrected chi connectivity index (χ1v) is 7.85. The molecular formula is C17H27ClN2. The number of likely N-dealkylation sites (tertiary alicyclic amines) is 1. The third-order valence-corrected chi connectivity index (χ3v) is 4.86. The lowest BCUT2D eigenvalue weighted by molar-refractivity contribution is 0.192. The van der Waals surface area contributed by atoms with Gasteiger partial charge in [-0.3, -0.25) is 4.90 Å². The Bertz CT molecular complexity index is 415. The molecule has 1 unspecified atom stereocenters. The summed E-state index contributed by atoms with van der Waals surface area (Å²) in [7, 11) is 0. The number of rotatable bonds is 3. The lowest BCUT2D eigenvalue weighted by atomic mass is 9.95. The minimum absolute atomic E-state index is 0. The van der Waals surface area contributed by atoms with Gasteiger partial charge in [-0.15, -0.1) is 12.4 Å². The van der Waals surface area contributed by atoms with E-state index in [0.717, 1.165) is 5.92 Å². The van der Waals surface area contributed by atoms with Crippen LogP contribution in [0, 0.1) is 12.8 Å². The average Bonchev–Trinajstić information content (AvgIpc) is 2.88. The van der Waals surface area contributed by atoms with Crippen LogP contribution in [0.15, 0.2) is 24.3 Å². The monoisotopic (exact) mass is 294 g/mol. The number of benzene rings is 1. The topological polar surface area (TPSA) is 15.3 Å². The van der Waals surface area contributed by atoms with Crippen LogP contribution >= 0.6 is 12.4 Å². The van der Waals surface area contributed by atoms with E-state index >= 15 is 0 Å². The molecule has 3 heteroatoms. The highest BCUT2D eigenvalue weighted by Gasteiger charge is 2.29. The van der Waals surface area contributed by atoms with Gasteiger partial charge < -0.3 is 5.32 Å². The molecule has 2 aliphatic rings. The molecule has 2 aliphatic heterocycles. The van der Waals surface area contributed by atoms with Gasteiger partial charge in [0, 0.05) is 12.6 Å². The molecule has 1 aromatic rings. The Balaban J connectivity index is 0.00000147. The van der Waals surface area contributed by atoms with E-state index in [2.05, 4.69) is 41.4 Å². The van der Waals surface area contributed by atoms with Gasteiger partial charge in [-0.2, -0.15) is 0 Å². The zero-order valence-corrected chi connectivity index (χ0v) is 13.3. The zero-order valence-electron chi connectivity index (χ0n) is 12.5. The van der Waals surface area contributed by atoms with Gasteiger partial charge in [0.15, 0.2) is 0 Å². The van der Waals surface area contributed by atoms with E-state index in [1.807, 2.05) is 0 Å². The number of piperidine rings is 1. The van der Waals surface area contributed by atoms with Crippen LogP contribution in [0.25, 0.3) is 0 Å². The first kappa shape index (κ1) is 15.8. The quantitative estimate of drug-likeness (QED) is 0.917. The van der Waals surface area contributed by atoms with Gasteiger partial charge in [0.1, 0.15) is 0 Å². The predicted octanol–water partition coefficient (Wildman–Crippen LogP) is 3.55. The van der Waals surface area contributed by atoms with Crippen molar-refractivity contribution in [3.63, 3.8) is 0 Å². The molecule has 3 rings (SSSR count). The second-order valence-corrected chi connectivity index (χ2v) is 6.20. The number of aryl methyl sites for hydroxylation is 1. The van der Waals surface area contributed by atoms with Crippen LogP contribution in [0.2, 0.25) is 0 Å². The van der Waals surface area contributed by atoms with Gasteiger partial charge in [0.05, 0.1) is 0 Å². The van der Waals surface area contributed by atoms with Crippen LogP contribution in [0.3, 0.4) is 0 Å². The predicted molar refractivity (Wildman–Crippen MR) is 87.6 cm³/mol. The summed E-state index contributed by atoms with van der Waals surface area (Å²) in [6, 6.07) is 9.63. The van der Waals surface area contributed by atoms with Crippen molar-refractivity contribution < 1.29 is 0 Å². The third-order valence-electron chi connectivity index (χ3n) is 4.86. The summed E-state index contributed by atoms with van der Waals surface area (Å²) >= 11 is 0. The average molecular weight is 295 g/mol. The largest absolute Gasteiger partial charge is 0.317 e. The van der Waals surface area contributed by atoms with Crippen molar-refractivity contribution in [3.8, 4) is 0 Å². The summed E-state index contributed by atoms with van der Waals surface area (Å²) in [5.41, 5.74) is 3.03. The smallest absolute Gasteiger partial charge is 0.0351 e. The maximum absolute atomic E-state index is 3.47. The van der Waals surface area contributed by atoms with E-state index in [4.69, 9.17) is 0 Å². The van der Waals surface area contributed by atoms with Crippen molar-refractivity contribution in [1.29, 1.82) is 0 Å². The van der Waals surface area contributed by atoms with Gasteiger partial charge in [-0.1, -0.05) is 24.3 Å². The maximum atomic E-state index is 3.47. The van der Waals surface area contributed by atoms with Crippen LogP contribution in [0.4, 0.5) is 0 Å². The molecule has 1 atom stereocenters. The molecule has 1 N–H and O–H groups in total. The molecular weight excluding hydrogens is 268 g/mol. The van der Waals surface area contributed by atoms with Gasteiger partial charge in [0.25, 0.3) is 0 Å². The van der Waals surface area contributed by atoms with E-state index in [1.54, 1.807) is 5.56 Å². The van der Waals surface area contributed by atoms with Crippen LogP contribution in [-0.4, -0.2) is 31.1 Å². The maximum Gasteiger partial charge on any atom is 0.0351 e. The molecule has 0 aliphatic carbocycles. The summed E-state index contributed by atoms with van der Waals surface area (Å²) in [4.78, 5) is 2.75. The Hall–Kier alpha value is -0.570. The SMILES string of the molecule is Cc1ccccc1C1CCCN1CC1CCNCC1.Cl. The second kappa shape index (κ2) is 7.44. The molecule has 20 heavy (non-hydrogen) atoms. The van der Waals surface area contributed by atoms with E-state index in [1.165, 1.54) is 57.4 Å². The molecule has 0 bridgehead atoms. The molecule has 2 saturated heterocycles. The summed E-state index contributed by atoms with van der Waals surface area (Å²) < 4.78 is 0. The number of hydrogen-bond donors (Lipinski definition) is 1. The fourth-order valence-corrected chi connectivity index (χ4v) is 3.75. The fraction of sp³-hybridized carbons (Fsp3) is 0.647. The zero-order chi connectivity index (χ0) is 13.1. The lowest BCUT2D eigenvalue weighted by Gasteiger charge is -2.32. The van der Waals surface area contributed by atoms with Crippen LogP contribution in [0.5, 0.6) is 0 Å². The van der Waals surface area contributed by atoms with Crippen LogP contribution in [-0.2, 0) is 0 Å². The summed E-state index contributed by atoms with van der Waals surface area (Å²) in [5, 5.41) is 3.47. The molecule has 1 aromatic carbocycles. The van der Waals surface area contributed by atoms with Gasteiger partial charge in [0.2, 0.25) is 0 Å². The molecule has 2 fully saturated rings. The highest BCUT2D eigenvalue weighted by Crippen LogP contribution is 2.34. The standard InChI is InChI=1S/C17H26N2.ClH/c1-14-5-2-3-6-16(14)17-7-4-12-19(17)13-15-8-10-18-11-9-15;/h2-3,5-6,15,17-18H,4,7-13H2,1H3;1H. The minimum Gasteiger partial charge on any atom is -0.317 e. The van der Waals surface area contributed by atoms with Crippen molar-refractivity contribution in [2.24, 2.45) is 5.92 Å². The Labute approximate surface area is 129 Å². The van der Waals surface area contributed by atoms with E-state index in [0.29, 0.717) is 6.04 Å². The summed E-state index contributed by atoms with van der Waals surface area (Å²) in [6.07, 6.45) is 5.42. The van der Waals surface area contributed by atoms with Crippen LogP contribution in [0.1, 0.15) is 42.9 Å². The Morgan fingerprint density at radius 1 is 1.15 bits per heavy atom. The molecule has 0 saturated carbocycles. The van der Waals surface area contributed by atoms with Crippen molar-refractivity contribution in [2.45, 2.75) is 38.6 Å². The van der Waals surface area contributed by atoms with Crippen molar-refractivity contribution >= 4 is 12.4 Å². The van der Waals surface area contributed by atoms with E-state index in [-0.39, 0.29) is 12.4 Å². The van der Waals surface area contributed by atoms with Crippen LogP contribution < -0.4 is 5.32 Å². The second-order valence-electron chi connectivity index (χ2n) is 6.20. The lowest BCUT2D eigenvalue weighted by Crippen LogP contribution is -2.36. The van der Waals surface area contributed by atoms with Gasteiger partial charge in [-0.05, 0) is 69.3 Å². The van der Waals surface area contributed by atoms with E-state index < -0.39 is 0 Å². The first-order valence-electron chi connectivity index (χ1n) is 7.85. The molecule has 0 aromatic heterocycles. The number of nitrogens with one attached hydrogen (secondary N) is 1. The van der Waals surface area contributed by atoms with Crippen molar-refractivity contribution in [1.82, 2.24) is 10.2 Å². The normalized spacial score (nSPS) is 24.6. The highest BCUT2D eigenvalue weighted by atomic mass is 35.5. The number of halogens is 1.